The van der Waals surface area contributed by atoms with Gasteiger partial charge in [0.25, 0.3) is 5.91 Å². The fourth-order valence-electron chi connectivity index (χ4n) is 1.31. The van der Waals surface area contributed by atoms with E-state index in [1.807, 2.05) is 25.5 Å². The summed E-state index contributed by atoms with van der Waals surface area (Å²) in [5.41, 5.74) is 1.37. The second-order valence-electron chi connectivity index (χ2n) is 4.61. The minimum absolute atomic E-state index is 0.0779. The highest BCUT2D eigenvalue weighted by atomic mass is 32.2. The molecule has 19 heavy (non-hydrogen) atoms. The van der Waals surface area contributed by atoms with Crippen molar-refractivity contribution in [2.45, 2.75) is 18.6 Å². The zero-order valence-corrected chi connectivity index (χ0v) is 11.8. The summed E-state index contributed by atoms with van der Waals surface area (Å²) >= 11 is 1.59. The number of benzene rings is 1. The summed E-state index contributed by atoms with van der Waals surface area (Å²) in [5.74, 6) is 2.64. The van der Waals surface area contributed by atoms with E-state index < -0.39 is 23.2 Å². The molecule has 0 saturated carbocycles. The van der Waals surface area contributed by atoms with Crippen molar-refractivity contribution in [2.24, 2.45) is 5.84 Å². The number of carbonyl (C=O) groups excluding carboxylic acids is 1. The lowest BCUT2D eigenvalue weighted by molar-refractivity contribution is 0.0950. The summed E-state index contributed by atoms with van der Waals surface area (Å²) in [6.07, 6.45) is 1.92. The van der Waals surface area contributed by atoms with Gasteiger partial charge in [-0.2, -0.15) is 11.8 Å². The number of thioether (sulfide) groups is 1. The largest absolute Gasteiger partial charge is 0.351 e. The molecule has 0 saturated heterocycles. The average molecular weight is 289 g/mol. The van der Waals surface area contributed by atoms with Crippen molar-refractivity contribution in [3.05, 3.63) is 29.3 Å². The predicted octanol–water partition coefficient (Wildman–Crippen LogP) is 2.12. The van der Waals surface area contributed by atoms with Crippen LogP contribution in [0.2, 0.25) is 0 Å². The summed E-state index contributed by atoms with van der Waals surface area (Å²) in [6.45, 7) is 4.31. The lowest BCUT2D eigenvalue weighted by Crippen LogP contribution is -2.36. The summed E-state index contributed by atoms with van der Waals surface area (Å²) in [5, 5.41) is 2.64. The standard InChI is InChI=1S/C12H17F2N3OS/c1-12(2,19-3)6-16-11(18)7-4-8(13)10(17-15)9(14)5-7/h4-5,17H,6,15H2,1-3H3,(H,16,18). The van der Waals surface area contributed by atoms with Crippen LogP contribution in [0.15, 0.2) is 12.1 Å². The Morgan fingerprint density at radius 2 is 1.89 bits per heavy atom. The average Bonchev–Trinajstić information content (AvgIpc) is 2.35. The van der Waals surface area contributed by atoms with Crippen molar-refractivity contribution in [1.29, 1.82) is 0 Å². The van der Waals surface area contributed by atoms with Gasteiger partial charge in [0.2, 0.25) is 0 Å². The Morgan fingerprint density at radius 1 is 1.37 bits per heavy atom. The molecule has 1 amide bonds. The molecule has 0 fully saturated rings. The number of halogens is 2. The van der Waals surface area contributed by atoms with Crippen molar-refractivity contribution in [1.82, 2.24) is 5.32 Å². The van der Waals surface area contributed by atoms with Gasteiger partial charge < -0.3 is 10.7 Å². The molecule has 0 radical (unpaired) electrons. The summed E-state index contributed by atoms with van der Waals surface area (Å²) in [7, 11) is 0. The molecule has 0 aliphatic rings. The monoisotopic (exact) mass is 289 g/mol. The third-order valence-corrected chi connectivity index (χ3v) is 3.93. The first-order valence-corrected chi connectivity index (χ1v) is 6.82. The third kappa shape index (κ3) is 4.07. The molecule has 1 aromatic rings. The SMILES string of the molecule is CSC(C)(C)CNC(=O)c1cc(F)c(NN)c(F)c1. The molecule has 0 aliphatic heterocycles. The Morgan fingerprint density at radius 3 is 2.32 bits per heavy atom. The zero-order chi connectivity index (χ0) is 14.6. The second-order valence-corrected chi connectivity index (χ2v) is 6.12. The van der Waals surface area contributed by atoms with Crippen LogP contribution in [0, 0.1) is 11.6 Å². The smallest absolute Gasteiger partial charge is 0.251 e. The molecule has 4 nitrogen and oxygen atoms in total. The molecule has 4 N–H and O–H groups in total. The molecule has 0 heterocycles. The molecule has 0 atom stereocenters. The summed E-state index contributed by atoms with van der Waals surface area (Å²) in [4.78, 5) is 11.8. The van der Waals surface area contributed by atoms with Crippen LogP contribution in [0.4, 0.5) is 14.5 Å². The van der Waals surface area contributed by atoms with Crippen molar-refractivity contribution in [2.75, 3.05) is 18.2 Å². The molecule has 1 aromatic carbocycles. The Labute approximate surface area is 115 Å². The van der Waals surface area contributed by atoms with Gasteiger partial charge in [-0.05, 0) is 32.2 Å². The molecule has 1 rings (SSSR count). The maximum absolute atomic E-state index is 13.4. The van der Waals surface area contributed by atoms with Gasteiger partial charge in [0, 0.05) is 16.9 Å². The molecule has 0 aromatic heterocycles. The third-order valence-electron chi connectivity index (χ3n) is 2.68. The number of nitrogen functional groups attached to an aromatic ring is 1. The fourth-order valence-corrected chi connectivity index (χ4v) is 1.53. The number of amides is 1. The van der Waals surface area contributed by atoms with Gasteiger partial charge in [-0.15, -0.1) is 0 Å². The number of carbonyl (C=O) groups is 1. The van der Waals surface area contributed by atoms with E-state index in [1.165, 1.54) is 0 Å². The van der Waals surface area contributed by atoms with Crippen molar-refractivity contribution in [3.8, 4) is 0 Å². The van der Waals surface area contributed by atoms with E-state index in [0.717, 1.165) is 12.1 Å². The van der Waals surface area contributed by atoms with E-state index in [2.05, 4.69) is 5.32 Å². The van der Waals surface area contributed by atoms with Crippen molar-refractivity contribution in [3.63, 3.8) is 0 Å². The highest BCUT2D eigenvalue weighted by Crippen LogP contribution is 2.21. The van der Waals surface area contributed by atoms with E-state index in [-0.39, 0.29) is 10.3 Å². The first kappa shape index (κ1) is 15.7. The Bertz CT molecular complexity index is 457. The maximum atomic E-state index is 13.4. The molecule has 0 spiro atoms. The van der Waals surface area contributed by atoms with Crippen LogP contribution in [-0.4, -0.2) is 23.5 Å². The molecule has 0 bridgehead atoms. The number of nitrogens with two attached hydrogens (primary N) is 1. The van der Waals surface area contributed by atoms with Crippen LogP contribution in [0.25, 0.3) is 0 Å². The summed E-state index contributed by atoms with van der Waals surface area (Å²) < 4.78 is 26.7. The highest BCUT2D eigenvalue weighted by molar-refractivity contribution is 7.99. The summed E-state index contributed by atoms with van der Waals surface area (Å²) in [6, 6.07) is 1.89. The van der Waals surface area contributed by atoms with Crippen LogP contribution < -0.4 is 16.6 Å². The fraction of sp³-hybridized carbons (Fsp3) is 0.417. The second kappa shape index (κ2) is 6.21. The lowest BCUT2D eigenvalue weighted by Gasteiger charge is -2.22. The van der Waals surface area contributed by atoms with Crippen molar-refractivity contribution < 1.29 is 13.6 Å². The van der Waals surface area contributed by atoms with Gasteiger partial charge in [0.05, 0.1) is 0 Å². The Balaban J connectivity index is 2.84. The highest BCUT2D eigenvalue weighted by Gasteiger charge is 2.19. The number of hydrogen-bond donors (Lipinski definition) is 3. The van der Waals surface area contributed by atoms with E-state index in [9.17, 15) is 13.6 Å². The lowest BCUT2D eigenvalue weighted by atomic mass is 10.1. The minimum atomic E-state index is -0.906. The van der Waals surface area contributed by atoms with Crippen LogP contribution in [0.5, 0.6) is 0 Å². The minimum Gasteiger partial charge on any atom is -0.351 e. The number of hydrazine groups is 1. The molecule has 7 heteroatoms. The molecular formula is C12H17F2N3OS. The Hall–Kier alpha value is -1.34. The van der Waals surface area contributed by atoms with Gasteiger partial charge in [-0.25, -0.2) is 8.78 Å². The van der Waals surface area contributed by atoms with E-state index >= 15 is 0 Å². The van der Waals surface area contributed by atoms with Gasteiger partial charge in [0.15, 0.2) is 11.6 Å². The van der Waals surface area contributed by atoms with Crippen LogP contribution in [0.1, 0.15) is 24.2 Å². The number of anilines is 1. The molecule has 106 valence electrons. The normalized spacial score (nSPS) is 11.3. The molecule has 0 aliphatic carbocycles. The van der Waals surface area contributed by atoms with E-state index in [1.54, 1.807) is 11.8 Å². The topological polar surface area (TPSA) is 67.2 Å². The van der Waals surface area contributed by atoms with Gasteiger partial charge >= 0.3 is 0 Å². The van der Waals surface area contributed by atoms with E-state index in [4.69, 9.17) is 5.84 Å². The van der Waals surface area contributed by atoms with Gasteiger partial charge in [-0.3, -0.25) is 10.6 Å². The van der Waals surface area contributed by atoms with Crippen LogP contribution >= 0.6 is 11.8 Å². The molecular weight excluding hydrogens is 272 g/mol. The Kier molecular flexibility index (Phi) is 5.13. The number of rotatable bonds is 5. The maximum Gasteiger partial charge on any atom is 0.251 e. The van der Waals surface area contributed by atoms with Crippen LogP contribution in [-0.2, 0) is 0 Å². The first-order valence-electron chi connectivity index (χ1n) is 5.59. The van der Waals surface area contributed by atoms with Gasteiger partial charge in [-0.1, -0.05) is 0 Å². The number of hydrogen-bond acceptors (Lipinski definition) is 4. The van der Waals surface area contributed by atoms with Crippen LogP contribution in [0.3, 0.4) is 0 Å². The van der Waals surface area contributed by atoms with Crippen molar-refractivity contribution >= 4 is 23.4 Å². The molecule has 0 unspecified atom stereocenters. The number of nitrogens with one attached hydrogen (secondary N) is 2. The predicted molar refractivity (Wildman–Crippen MR) is 74.1 cm³/mol. The zero-order valence-electron chi connectivity index (χ0n) is 11.0. The van der Waals surface area contributed by atoms with Gasteiger partial charge in [0.1, 0.15) is 5.69 Å². The van der Waals surface area contributed by atoms with E-state index in [0.29, 0.717) is 6.54 Å². The first-order chi connectivity index (χ1) is 8.80. The quantitative estimate of drug-likeness (QED) is 0.574.